The molecule has 1 aliphatic heterocycles. The quantitative estimate of drug-likeness (QED) is 0.426. The Kier molecular flexibility index (Phi) is 7.51. The number of aryl methyl sites for hydroxylation is 2. The van der Waals surface area contributed by atoms with Crippen LogP contribution < -0.4 is 4.74 Å². The molecule has 2 heterocycles. The van der Waals surface area contributed by atoms with Crippen molar-refractivity contribution in [2.45, 2.75) is 44.9 Å². The maximum absolute atomic E-state index is 10.8. The van der Waals surface area contributed by atoms with Crippen LogP contribution in [0.5, 0.6) is 11.6 Å². The molecule has 1 aromatic heterocycles. The van der Waals surface area contributed by atoms with Crippen LogP contribution in [-0.4, -0.2) is 51.2 Å². The monoisotopic (exact) mass is 461 g/mol. The Morgan fingerprint density at radius 2 is 2.06 bits per heavy atom. The minimum absolute atomic E-state index is 0.151. The average Bonchev–Trinajstić information content (AvgIpc) is 3.43. The maximum atomic E-state index is 10.8. The highest BCUT2D eigenvalue weighted by Crippen LogP contribution is 2.35. The van der Waals surface area contributed by atoms with E-state index in [0.29, 0.717) is 19.0 Å². The zero-order valence-corrected chi connectivity index (χ0v) is 20.4. The van der Waals surface area contributed by atoms with Gasteiger partial charge in [0.1, 0.15) is 11.4 Å². The molecule has 180 valence electrons. The van der Waals surface area contributed by atoms with Crippen molar-refractivity contribution < 1.29 is 14.6 Å². The summed E-state index contributed by atoms with van der Waals surface area (Å²) in [5.41, 5.74) is 2.99. The third-order valence-corrected chi connectivity index (χ3v) is 6.19. The van der Waals surface area contributed by atoms with Crippen molar-refractivity contribution in [1.29, 1.82) is 0 Å². The van der Waals surface area contributed by atoms with Gasteiger partial charge in [-0.25, -0.2) is 4.68 Å². The molecule has 3 aromatic rings. The summed E-state index contributed by atoms with van der Waals surface area (Å²) >= 11 is 0. The first-order valence-corrected chi connectivity index (χ1v) is 11.9. The van der Waals surface area contributed by atoms with Gasteiger partial charge in [0.2, 0.25) is 5.88 Å². The van der Waals surface area contributed by atoms with Crippen LogP contribution in [0.25, 0.3) is 11.3 Å². The molecule has 0 saturated carbocycles. The van der Waals surface area contributed by atoms with E-state index < -0.39 is 5.60 Å². The van der Waals surface area contributed by atoms with Gasteiger partial charge >= 0.3 is 0 Å². The Morgan fingerprint density at radius 3 is 2.74 bits per heavy atom. The van der Waals surface area contributed by atoms with E-state index in [1.54, 1.807) is 17.7 Å². The predicted octanol–water partition coefficient (Wildman–Crippen LogP) is 5.11. The van der Waals surface area contributed by atoms with Gasteiger partial charge in [0.05, 0.1) is 17.3 Å². The minimum atomic E-state index is -1.02. The fourth-order valence-corrected chi connectivity index (χ4v) is 4.44. The molecule has 0 unspecified atom stereocenters. The van der Waals surface area contributed by atoms with Crippen LogP contribution in [0.3, 0.4) is 0 Å². The van der Waals surface area contributed by atoms with Gasteiger partial charge in [-0.05, 0) is 44.4 Å². The largest absolute Gasteiger partial charge is 0.439 e. The fourth-order valence-electron chi connectivity index (χ4n) is 4.44. The minimum Gasteiger partial charge on any atom is -0.439 e. The number of aromatic nitrogens is 2. The Hall–Kier alpha value is -2.93. The van der Waals surface area contributed by atoms with E-state index in [-0.39, 0.29) is 6.10 Å². The van der Waals surface area contributed by atoms with Gasteiger partial charge in [-0.2, -0.15) is 5.10 Å². The molecule has 2 aromatic carbocycles. The number of rotatable bonds is 10. The summed E-state index contributed by atoms with van der Waals surface area (Å²) in [6.45, 7) is 10.2. The number of aliphatic hydroxyl groups is 1. The molecule has 1 aliphatic rings. The topological polar surface area (TPSA) is 59.8 Å². The molecule has 2 atom stereocenters. The number of hydrogen-bond acceptors (Lipinski definition) is 5. The Bertz CT molecular complexity index is 1100. The molecule has 0 aliphatic carbocycles. The summed E-state index contributed by atoms with van der Waals surface area (Å²) < 4.78 is 14.1. The van der Waals surface area contributed by atoms with Crippen LogP contribution in [0.15, 0.2) is 67.3 Å². The van der Waals surface area contributed by atoms with E-state index in [0.717, 1.165) is 54.1 Å². The van der Waals surface area contributed by atoms with Crippen molar-refractivity contribution in [3.63, 3.8) is 0 Å². The third-order valence-electron chi connectivity index (χ3n) is 6.19. The molecule has 0 radical (unpaired) electrons. The van der Waals surface area contributed by atoms with E-state index in [2.05, 4.69) is 23.6 Å². The molecule has 4 rings (SSSR count). The Labute approximate surface area is 202 Å². The van der Waals surface area contributed by atoms with E-state index in [4.69, 9.17) is 14.6 Å². The lowest BCUT2D eigenvalue weighted by Crippen LogP contribution is -2.42. The third kappa shape index (κ3) is 5.95. The highest BCUT2D eigenvalue weighted by Gasteiger charge is 2.28. The molecule has 34 heavy (non-hydrogen) atoms. The summed E-state index contributed by atoms with van der Waals surface area (Å²) in [5.74, 6) is 1.47. The highest BCUT2D eigenvalue weighted by atomic mass is 16.5. The molecular weight excluding hydrogens is 426 g/mol. The fraction of sp³-hybridized carbons (Fsp3) is 0.393. The van der Waals surface area contributed by atoms with Crippen LogP contribution >= 0.6 is 0 Å². The van der Waals surface area contributed by atoms with Crippen molar-refractivity contribution in [2.75, 3.05) is 19.7 Å². The normalized spacial score (nSPS) is 17.6. The Balaban J connectivity index is 1.73. The van der Waals surface area contributed by atoms with E-state index in [1.807, 2.05) is 56.4 Å². The first-order chi connectivity index (χ1) is 16.3. The smallest absolute Gasteiger partial charge is 0.222 e. The summed E-state index contributed by atoms with van der Waals surface area (Å²) in [6, 6.07) is 18.2. The maximum Gasteiger partial charge on any atom is 0.222 e. The molecular formula is C28H35N3O3. The van der Waals surface area contributed by atoms with Gasteiger partial charge < -0.3 is 14.6 Å². The second-order valence-electron chi connectivity index (χ2n) is 9.41. The van der Waals surface area contributed by atoms with Gasteiger partial charge in [0, 0.05) is 38.9 Å². The van der Waals surface area contributed by atoms with Crippen LogP contribution in [0, 0.1) is 6.92 Å². The second kappa shape index (κ2) is 10.6. The van der Waals surface area contributed by atoms with Crippen molar-refractivity contribution in [1.82, 2.24) is 14.7 Å². The molecule has 1 N–H and O–H groups in total. The van der Waals surface area contributed by atoms with Crippen molar-refractivity contribution in [3.8, 4) is 22.9 Å². The summed E-state index contributed by atoms with van der Waals surface area (Å²) in [5, 5.41) is 15.7. The molecule has 1 fully saturated rings. The number of hydrogen-bond donors (Lipinski definition) is 1. The SMILES string of the molecule is C=C[C@@](C)(O)CN(Cc1c(-c2ccccc2)nn(C)c1Oc1cccc(C)c1)C[C@H]1CCCO1. The molecule has 6 heteroatoms. The number of nitrogens with zero attached hydrogens (tertiary/aromatic N) is 3. The van der Waals surface area contributed by atoms with Crippen LogP contribution in [-0.2, 0) is 18.3 Å². The molecule has 0 bridgehead atoms. The number of benzene rings is 2. The molecule has 1 saturated heterocycles. The molecule has 6 nitrogen and oxygen atoms in total. The first-order valence-electron chi connectivity index (χ1n) is 11.9. The van der Waals surface area contributed by atoms with Gasteiger partial charge in [-0.1, -0.05) is 48.5 Å². The zero-order valence-electron chi connectivity index (χ0n) is 20.4. The second-order valence-corrected chi connectivity index (χ2v) is 9.41. The number of ether oxygens (including phenoxy) is 2. The predicted molar refractivity (Wildman–Crippen MR) is 135 cm³/mol. The van der Waals surface area contributed by atoms with E-state index in [9.17, 15) is 5.11 Å². The van der Waals surface area contributed by atoms with Gasteiger partial charge in [-0.15, -0.1) is 6.58 Å². The van der Waals surface area contributed by atoms with Crippen molar-refractivity contribution in [3.05, 3.63) is 78.4 Å². The van der Waals surface area contributed by atoms with E-state index in [1.165, 1.54) is 0 Å². The summed E-state index contributed by atoms with van der Waals surface area (Å²) in [4.78, 5) is 2.23. The lowest BCUT2D eigenvalue weighted by Gasteiger charge is -2.31. The van der Waals surface area contributed by atoms with Crippen molar-refractivity contribution in [2.24, 2.45) is 7.05 Å². The average molecular weight is 462 g/mol. The molecule has 0 spiro atoms. The summed E-state index contributed by atoms with van der Waals surface area (Å²) in [7, 11) is 1.91. The zero-order chi connectivity index (χ0) is 24.1. The van der Waals surface area contributed by atoms with Gasteiger partial charge in [0.15, 0.2) is 0 Å². The lowest BCUT2D eigenvalue weighted by molar-refractivity contribution is 0.0241. The van der Waals surface area contributed by atoms with Crippen LogP contribution in [0.4, 0.5) is 0 Å². The van der Waals surface area contributed by atoms with Gasteiger partial charge in [0.25, 0.3) is 0 Å². The first kappa shape index (κ1) is 24.2. The van der Waals surface area contributed by atoms with Crippen LogP contribution in [0.2, 0.25) is 0 Å². The van der Waals surface area contributed by atoms with Crippen molar-refractivity contribution >= 4 is 0 Å². The molecule has 0 amide bonds. The van der Waals surface area contributed by atoms with Gasteiger partial charge in [-0.3, -0.25) is 4.90 Å². The Morgan fingerprint density at radius 1 is 1.26 bits per heavy atom. The van der Waals surface area contributed by atoms with E-state index >= 15 is 0 Å². The van der Waals surface area contributed by atoms with Crippen LogP contribution in [0.1, 0.15) is 30.9 Å². The lowest BCUT2D eigenvalue weighted by atomic mass is 10.0. The highest BCUT2D eigenvalue weighted by molar-refractivity contribution is 5.65. The summed E-state index contributed by atoms with van der Waals surface area (Å²) in [6.07, 6.45) is 3.85. The standard InChI is InChI=1S/C28H35N3O3/c1-5-28(3,32)20-31(18-24-15-10-16-33-24)19-25-26(22-12-7-6-8-13-22)29-30(4)27(25)34-23-14-9-11-21(2)17-23/h5-9,11-14,17,24,32H,1,10,15-16,18-20H2,2-4H3/t24-,28-/m1/s1.